The molecule has 0 saturated carbocycles. The maximum Gasteiger partial charge on any atom is 0.0615 e. The molecule has 2 heteroatoms. The number of nitrogens with zero attached hydrogens (tertiary/aromatic N) is 1. The van der Waals surface area contributed by atoms with Gasteiger partial charge in [0.1, 0.15) is 0 Å². The van der Waals surface area contributed by atoms with E-state index in [9.17, 15) is 0 Å². The molecule has 0 spiro atoms. The first-order valence-corrected chi connectivity index (χ1v) is 8.57. The number of benzene rings is 2. The van der Waals surface area contributed by atoms with E-state index in [1.807, 2.05) is 6.08 Å². The van der Waals surface area contributed by atoms with E-state index in [1.165, 1.54) is 36.1 Å². The number of hydrogen-bond donors (Lipinski definition) is 1. The molecule has 1 fully saturated rings. The van der Waals surface area contributed by atoms with Crippen LogP contribution in [0.1, 0.15) is 47.1 Å². The van der Waals surface area contributed by atoms with E-state index in [0.29, 0.717) is 12.0 Å². The molecule has 0 radical (unpaired) electrons. The summed E-state index contributed by atoms with van der Waals surface area (Å²) in [7, 11) is 0. The molecule has 2 aliphatic rings. The van der Waals surface area contributed by atoms with Gasteiger partial charge in [-0.3, -0.25) is 4.90 Å². The molecular formula is C21H23NO. The van der Waals surface area contributed by atoms with Crippen molar-refractivity contribution in [1.82, 2.24) is 4.90 Å². The van der Waals surface area contributed by atoms with Crippen molar-refractivity contribution in [3.05, 3.63) is 76.9 Å². The molecule has 2 unspecified atom stereocenters. The predicted molar refractivity (Wildman–Crippen MR) is 94.4 cm³/mol. The minimum Gasteiger partial charge on any atom is -0.392 e. The molecule has 1 saturated heterocycles. The first kappa shape index (κ1) is 14.7. The monoisotopic (exact) mass is 305 g/mol. The third-order valence-corrected chi connectivity index (χ3v) is 5.27. The topological polar surface area (TPSA) is 23.5 Å². The third kappa shape index (κ3) is 2.73. The van der Waals surface area contributed by atoms with Gasteiger partial charge in [0.05, 0.1) is 6.61 Å². The fourth-order valence-electron chi connectivity index (χ4n) is 4.17. The Hall–Kier alpha value is -1.90. The summed E-state index contributed by atoms with van der Waals surface area (Å²) >= 11 is 0. The highest BCUT2D eigenvalue weighted by Crippen LogP contribution is 2.43. The first-order chi connectivity index (χ1) is 11.4. The quantitative estimate of drug-likeness (QED) is 0.927. The van der Waals surface area contributed by atoms with Crippen LogP contribution in [0.15, 0.2) is 54.6 Å². The summed E-state index contributed by atoms with van der Waals surface area (Å²) < 4.78 is 0. The Morgan fingerprint density at radius 3 is 2.61 bits per heavy atom. The summed E-state index contributed by atoms with van der Waals surface area (Å²) in [5.74, 6) is 0.469. The van der Waals surface area contributed by atoms with Crippen LogP contribution in [0.3, 0.4) is 0 Å². The maximum atomic E-state index is 8.89. The lowest BCUT2D eigenvalue weighted by molar-refractivity contribution is 0.230. The second-order valence-corrected chi connectivity index (χ2v) is 6.59. The maximum absolute atomic E-state index is 8.89. The van der Waals surface area contributed by atoms with Gasteiger partial charge in [0, 0.05) is 18.5 Å². The van der Waals surface area contributed by atoms with Gasteiger partial charge in [-0.25, -0.2) is 0 Å². The largest absolute Gasteiger partial charge is 0.392 e. The van der Waals surface area contributed by atoms with Gasteiger partial charge in [0.15, 0.2) is 0 Å². The van der Waals surface area contributed by atoms with E-state index in [4.69, 9.17) is 5.11 Å². The van der Waals surface area contributed by atoms with Crippen molar-refractivity contribution < 1.29 is 5.11 Å². The van der Waals surface area contributed by atoms with E-state index < -0.39 is 0 Å². The van der Waals surface area contributed by atoms with E-state index in [1.54, 1.807) is 6.08 Å². The van der Waals surface area contributed by atoms with Crippen LogP contribution in [-0.4, -0.2) is 29.7 Å². The Labute approximate surface area is 138 Å². The molecule has 0 aromatic heterocycles. The zero-order valence-electron chi connectivity index (χ0n) is 13.4. The van der Waals surface area contributed by atoms with Gasteiger partial charge in [0.2, 0.25) is 0 Å². The Balaban J connectivity index is 1.68. The molecule has 2 atom stereocenters. The zero-order valence-corrected chi connectivity index (χ0v) is 13.4. The number of hydrogen-bond acceptors (Lipinski definition) is 2. The molecule has 0 aliphatic carbocycles. The Kier molecular flexibility index (Phi) is 4.02. The Bertz CT molecular complexity index is 704. The lowest BCUT2D eigenvalue weighted by Crippen LogP contribution is -2.34. The van der Waals surface area contributed by atoms with Crippen LogP contribution in [0.5, 0.6) is 0 Å². The molecule has 23 heavy (non-hydrogen) atoms. The number of aliphatic hydroxyl groups is 1. The zero-order chi connectivity index (χ0) is 15.6. The molecule has 0 bridgehead atoms. The van der Waals surface area contributed by atoms with Crippen LogP contribution in [0.4, 0.5) is 0 Å². The third-order valence-electron chi connectivity index (χ3n) is 5.27. The van der Waals surface area contributed by atoms with Crippen LogP contribution in [-0.2, 0) is 0 Å². The second kappa shape index (κ2) is 6.31. The molecule has 4 rings (SSSR count). The van der Waals surface area contributed by atoms with Gasteiger partial charge in [-0.2, -0.15) is 0 Å². The standard InChI is InChI=1S/C21H23NO/c23-14-4-5-16-9-11-17(12-10-16)20-15-22-13-3-8-21(22)19-7-2-1-6-18(19)20/h1-2,4-7,9-12,20-21,23H,3,8,13-15H2/b5-4+. The van der Waals surface area contributed by atoms with Crippen molar-refractivity contribution in [1.29, 1.82) is 0 Å². The first-order valence-electron chi connectivity index (χ1n) is 8.57. The van der Waals surface area contributed by atoms with Crippen molar-refractivity contribution in [3.63, 3.8) is 0 Å². The molecule has 2 nitrogen and oxygen atoms in total. The van der Waals surface area contributed by atoms with Gasteiger partial charge in [-0.15, -0.1) is 0 Å². The highest BCUT2D eigenvalue weighted by atomic mass is 16.2. The summed E-state index contributed by atoms with van der Waals surface area (Å²) in [6.07, 6.45) is 6.36. The lowest BCUT2D eigenvalue weighted by atomic mass is 9.81. The highest BCUT2D eigenvalue weighted by Gasteiger charge is 2.35. The minimum atomic E-state index is 0.0914. The molecule has 0 amide bonds. The van der Waals surface area contributed by atoms with Gasteiger partial charge < -0.3 is 5.11 Å². The van der Waals surface area contributed by atoms with Crippen LogP contribution < -0.4 is 0 Å². The lowest BCUT2D eigenvalue weighted by Gasteiger charge is -2.37. The van der Waals surface area contributed by atoms with E-state index >= 15 is 0 Å². The summed E-state index contributed by atoms with van der Waals surface area (Å²) in [6, 6.07) is 18.4. The van der Waals surface area contributed by atoms with Crippen molar-refractivity contribution in [2.24, 2.45) is 0 Å². The van der Waals surface area contributed by atoms with Crippen molar-refractivity contribution >= 4 is 6.08 Å². The average Bonchev–Trinajstić information content (AvgIpc) is 3.08. The highest BCUT2D eigenvalue weighted by molar-refractivity contribution is 5.51. The van der Waals surface area contributed by atoms with Gasteiger partial charge in [-0.1, -0.05) is 60.7 Å². The normalized spacial score (nSPS) is 23.9. The van der Waals surface area contributed by atoms with Crippen LogP contribution in [0, 0.1) is 0 Å². The molecule has 2 aliphatic heterocycles. The second-order valence-electron chi connectivity index (χ2n) is 6.59. The Morgan fingerprint density at radius 1 is 1.04 bits per heavy atom. The molecular weight excluding hydrogens is 282 g/mol. The van der Waals surface area contributed by atoms with Gasteiger partial charge >= 0.3 is 0 Å². The smallest absolute Gasteiger partial charge is 0.0615 e. The summed E-state index contributed by atoms with van der Waals surface area (Å²) in [6.45, 7) is 2.45. The van der Waals surface area contributed by atoms with Crippen molar-refractivity contribution in [3.8, 4) is 0 Å². The number of fused-ring (bicyclic) bond motifs is 3. The molecule has 2 aromatic carbocycles. The Morgan fingerprint density at radius 2 is 1.83 bits per heavy atom. The van der Waals surface area contributed by atoms with E-state index in [-0.39, 0.29) is 6.61 Å². The molecule has 118 valence electrons. The van der Waals surface area contributed by atoms with Crippen LogP contribution >= 0.6 is 0 Å². The van der Waals surface area contributed by atoms with Crippen LogP contribution in [0.25, 0.3) is 6.08 Å². The summed E-state index contributed by atoms with van der Waals surface area (Å²) in [5.41, 5.74) is 5.58. The SMILES string of the molecule is OC/C=C/c1ccc(C2CN3CCCC3c3ccccc32)cc1. The summed E-state index contributed by atoms with van der Waals surface area (Å²) in [5, 5.41) is 8.89. The van der Waals surface area contributed by atoms with E-state index in [2.05, 4.69) is 53.4 Å². The minimum absolute atomic E-state index is 0.0914. The van der Waals surface area contributed by atoms with Crippen molar-refractivity contribution in [2.45, 2.75) is 24.8 Å². The fraction of sp³-hybridized carbons (Fsp3) is 0.333. The number of aliphatic hydroxyl groups excluding tert-OH is 1. The van der Waals surface area contributed by atoms with Gasteiger partial charge in [0.25, 0.3) is 0 Å². The number of rotatable bonds is 3. The molecule has 2 aromatic rings. The fourth-order valence-corrected chi connectivity index (χ4v) is 4.17. The van der Waals surface area contributed by atoms with Gasteiger partial charge in [-0.05, 0) is 41.6 Å². The van der Waals surface area contributed by atoms with Crippen molar-refractivity contribution in [2.75, 3.05) is 19.7 Å². The summed E-state index contributed by atoms with van der Waals surface area (Å²) in [4.78, 5) is 2.66. The molecule has 2 heterocycles. The van der Waals surface area contributed by atoms with E-state index in [0.717, 1.165) is 12.1 Å². The predicted octanol–water partition coefficient (Wildman–Crippen LogP) is 3.97. The molecule has 1 N–H and O–H groups in total. The van der Waals surface area contributed by atoms with Crippen LogP contribution in [0.2, 0.25) is 0 Å². The average molecular weight is 305 g/mol.